The summed E-state index contributed by atoms with van der Waals surface area (Å²) in [5.41, 5.74) is 0. The van der Waals surface area contributed by atoms with E-state index in [2.05, 4.69) is 31.1 Å². The Morgan fingerprint density at radius 2 is 2.12 bits per heavy atom. The largest absolute Gasteiger partial charge is 0.375 e. The molecule has 0 amide bonds. The smallest absolute Gasteiger partial charge is 0.0731 e. The zero-order valence-corrected chi connectivity index (χ0v) is 11.6. The molecule has 1 saturated carbocycles. The quantitative estimate of drug-likeness (QED) is 0.813. The Bertz CT molecular complexity index is 228. The van der Waals surface area contributed by atoms with Crippen LogP contribution in [-0.2, 0) is 4.74 Å². The summed E-state index contributed by atoms with van der Waals surface area (Å²) >= 11 is 0. The highest BCUT2D eigenvalue weighted by Crippen LogP contribution is 2.30. The second kappa shape index (κ2) is 6.17. The molecule has 3 nitrogen and oxygen atoms in total. The van der Waals surface area contributed by atoms with E-state index in [0.717, 1.165) is 13.2 Å². The summed E-state index contributed by atoms with van der Waals surface area (Å²) in [6.45, 7) is 6.68. The van der Waals surface area contributed by atoms with Gasteiger partial charge in [0.05, 0.1) is 12.7 Å². The fraction of sp³-hybridized carbons (Fsp3) is 1.00. The van der Waals surface area contributed by atoms with Crippen molar-refractivity contribution in [2.24, 2.45) is 0 Å². The molecule has 100 valence electrons. The monoisotopic (exact) mass is 240 g/mol. The lowest BCUT2D eigenvalue weighted by Crippen LogP contribution is -2.59. The maximum absolute atomic E-state index is 5.95. The summed E-state index contributed by atoms with van der Waals surface area (Å²) in [7, 11) is 2.09. The number of ether oxygens (including phenoxy) is 1. The van der Waals surface area contributed by atoms with E-state index in [1.54, 1.807) is 0 Å². The van der Waals surface area contributed by atoms with E-state index >= 15 is 0 Å². The van der Waals surface area contributed by atoms with Crippen molar-refractivity contribution in [3.63, 3.8) is 0 Å². The minimum Gasteiger partial charge on any atom is -0.375 e. The molecular weight excluding hydrogens is 212 g/mol. The van der Waals surface area contributed by atoms with Crippen LogP contribution in [0.1, 0.15) is 46.0 Å². The molecule has 2 fully saturated rings. The Balaban J connectivity index is 2.02. The SMILES string of the molecule is CCC(NC)C(C)N1CCOC2CCCCC21. The molecule has 17 heavy (non-hydrogen) atoms. The highest BCUT2D eigenvalue weighted by atomic mass is 16.5. The third-order valence-corrected chi connectivity index (χ3v) is 4.69. The fourth-order valence-electron chi connectivity index (χ4n) is 3.65. The molecule has 0 spiro atoms. The van der Waals surface area contributed by atoms with Crippen LogP contribution in [-0.4, -0.2) is 49.3 Å². The molecule has 2 aliphatic rings. The Kier molecular flexibility index (Phi) is 4.83. The minimum absolute atomic E-state index is 0.509. The molecule has 0 radical (unpaired) electrons. The van der Waals surface area contributed by atoms with Gasteiger partial charge in [0.1, 0.15) is 0 Å². The third-order valence-electron chi connectivity index (χ3n) is 4.69. The molecule has 4 atom stereocenters. The van der Waals surface area contributed by atoms with Gasteiger partial charge in [-0.05, 0) is 33.2 Å². The van der Waals surface area contributed by atoms with Crippen LogP contribution in [0.3, 0.4) is 0 Å². The van der Waals surface area contributed by atoms with E-state index in [4.69, 9.17) is 4.74 Å². The van der Waals surface area contributed by atoms with Gasteiger partial charge in [-0.2, -0.15) is 0 Å². The summed E-state index contributed by atoms with van der Waals surface area (Å²) in [5, 5.41) is 3.46. The van der Waals surface area contributed by atoms with Crippen molar-refractivity contribution in [2.75, 3.05) is 20.2 Å². The lowest BCUT2D eigenvalue weighted by molar-refractivity contribution is -0.104. The van der Waals surface area contributed by atoms with Crippen LogP contribution < -0.4 is 5.32 Å². The molecule has 3 heteroatoms. The number of nitrogens with zero attached hydrogens (tertiary/aromatic N) is 1. The Hall–Kier alpha value is -0.120. The first-order valence-corrected chi connectivity index (χ1v) is 7.32. The molecule has 1 N–H and O–H groups in total. The van der Waals surface area contributed by atoms with Crippen molar-refractivity contribution >= 4 is 0 Å². The molecule has 0 aromatic rings. The topological polar surface area (TPSA) is 24.5 Å². The zero-order chi connectivity index (χ0) is 12.3. The number of fused-ring (bicyclic) bond motifs is 1. The van der Waals surface area contributed by atoms with Crippen LogP contribution in [0.4, 0.5) is 0 Å². The van der Waals surface area contributed by atoms with E-state index in [1.807, 2.05) is 0 Å². The van der Waals surface area contributed by atoms with E-state index < -0.39 is 0 Å². The van der Waals surface area contributed by atoms with Gasteiger partial charge in [-0.25, -0.2) is 0 Å². The summed E-state index contributed by atoms with van der Waals surface area (Å²) in [5.74, 6) is 0. The summed E-state index contributed by atoms with van der Waals surface area (Å²) < 4.78 is 5.95. The van der Waals surface area contributed by atoms with Crippen LogP contribution >= 0.6 is 0 Å². The fourth-order valence-corrected chi connectivity index (χ4v) is 3.65. The Morgan fingerprint density at radius 1 is 1.35 bits per heavy atom. The molecule has 2 rings (SSSR count). The third kappa shape index (κ3) is 2.83. The average molecular weight is 240 g/mol. The number of nitrogens with one attached hydrogen (secondary N) is 1. The maximum atomic E-state index is 5.95. The molecule has 0 aromatic heterocycles. The van der Waals surface area contributed by atoms with Crippen molar-refractivity contribution in [1.29, 1.82) is 0 Å². The number of hydrogen-bond donors (Lipinski definition) is 1. The second-order valence-corrected chi connectivity index (χ2v) is 5.54. The van der Waals surface area contributed by atoms with Crippen LogP contribution in [0.2, 0.25) is 0 Å². The van der Waals surface area contributed by atoms with Gasteiger partial charge in [0, 0.05) is 24.7 Å². The summed E-state index contributed by atoms with van der Waals surface area (Å²) in [6.07, 6.45) is 7.04. The van der Waals surface area contributed by atoms with Crippen molar-refractivity contribution < 1.29 is 4.74 Å². The number of rotatable bonds is 4. The first kappa shape index (κ1) is 13.3. The molecule has 0 aromatic carbocycles. The van der Waals surface area contributed by atoms with E-state index in [0.29, 0.717) is 24.2 Å². The van der Waals surface area contributed by atoms with E-state index in [9.17, 15) is 0 Å². The van der Waals surface area contributed by atoms with E-state index in [-0.39, 0.29) is 0 Å². The van der Waals surface area contributed by atoms with Gasteiger partial charge in [0.25, 0.3) is 0 Å². The van der Waals surface area contributed by atoms with Crippen LogP contribution in [0, 0.1) is 0 Å². The van der Waals surface area contributed by atoms with Gasteiger partial charge in [-0.15, -0.1) is 0 Å². The maximum Gasteiger partial charge on any atom is 0.0731 e. The average Bonchev–Trinajstić information content (AvgIpc) is 2.39. The predicted molar refractivity (Wildman–Crippen MR) is 71.3 cm³/mol. The van der Waals surface area contributed by atoms with Crippen molar-refractivity contribution in [3.05, 3.63) is 0 Å². The van der Waals surface area contributed by atoms with Gasteiger partial charge < -0.3 is 10.1 Å². The van der Waals surface area contributed by atoms with Gasteiger partial charge in [-0.1, -0.05) is 19.8 Å². The van der Waals surface area contributed by atoms with Crippen LogP contribution in [0.15, 0.2) is 0 Å². The van der Waals surface area contributed by atoms with Gasteiger partial charge >= 0.3 is 0 Å². The van der Waals surface area contributed by atoms with Crippen molar-refractivity contribution in [2.45, 2.75) is 70.2 Å². The lowest BCUT2D eigenvalue weighted by atomic mass is 9.88. The van der Waals surface area contributed by atoms with Gasteiger partial charge in [-0.3, -0.25) is 4.90 Å². The molecule has 1 saturated heterocycles. The van der Waals surface area contributed by atoms with Crippen LogP contribution in [0.25, 0.3) is 0 Å². The number of hydrogen-bond acceptors (Lipinski definition) is 3. The Labute approximate surface area is 106 Å². The Morgan fingerprint density at radius 3 is 2.82 bits per heavy atom. The first-order chi connectivity index (χ1) is 8.27. The minimum atomic E-state index is 0.509. The van der Waals surface area contributed by atoms with Crippen LogP contribution in [0.5, 0.6) is 0 Å². The molecule has 1 aliphatic carbocycles. The summed E-state index contributed by atoms with van der Waals surface area (Å²) in [4.78, 5) is 2.71. The molecule has 0 bridgehead atoms. The zero-order valence-electron chi connectivity index (χ0n) is 11.6. The first-order valence-electron chi connectivity index (χ1n) is 7.32. The highest BCUT2D eigenvalue weighted by molar-refractivity contribution is 4.92. The van der Waals surface area contributed by atoms with E-state index in [1.165, 1.54) is 32.1 Å². The number of morpholine rings is 1. The molecule has 1 aliphatic heterocycles. The standard InChI is InChI=1S/C14H28N2O/c1-4-12(15-3)11(2)16-9-10-17-14-8-6-5-7-13(14)16/h11-15H,4-10H2,1-3H3. The van der Waals surface area contributed by atoms with Gasteiger partial charge in [0.2, 0.25) is 0 Å². The molecular formula is C14H28N2O. The number of likely N-dealkylation sites (N-methyl/N-ethyl adjacent to an activating group) is 1. The van der Waals surface area contributed by atoms with Crippen molar-refractivity contribution in [1.82, 2.24) is 10.2 Å². The normalized spacial score (nSPS) is 34.1. The lowest BCUT2D eigenvalue weighted by Gasteiger charge is -2.48. The molecule has 1 heterocycles. The predicted octanol–water partition coefficient (Wildman–Crippen LogP) is 2.02. The van der Waals surface area contributed by atoms with Crippen molar-refractivity contribution in [3.8, 4) is 0 Å². The van der Waals surface area contributed by atoms with Gasteiger partial charge in [0.15, 0.2) is 0 Å². The molecule has 4 unspecified atom stereocenters. The highest BCUT2D eigenvalue weighted by Gasteiger charge is 2.37. The second-order valence-electron chi connectivity index (χ2n) is 5.54. The summed E-state index contributed by atoms with van der Waals surface area (Å²) in [6, 6.07) is 1.91.